The second-order valence-corrected chi connectivity index (χ2v) is 7.47. The number of benzene rings is 1. The molecular formula is C19H26N2O3. The molecule has 5 nitrogen and oxygen atoms in total. The molecule has 0 unspecified atom stereocenters. The molecule has 2 heterocycles. The van der Waals surface area contributed by atoms with E-state index in [0.717, 1.165) is 23.9 Å². The maximum absolute atomic E-state index is 12.2. The maximum atomic E-state index is 12.2. The van der Waals surface area contributed by atoms with E-state index in [1.165, 1.54) is 5.39 Å². The number of likely N-dealkylation sites (tertiary alicyclic amines) is 1. The Morgan fingerprint density at radius 1 is 1.25 bits per heavy atom. The third-order valence-corrected chi connectivity index (χ3v) is 4.48. The minimum Gasteiger partial charge on any atom is -0.444 e. The molecule has 1 aliphatic heterocycles. The minimum absolute atomic E-state index is 0.0538. The smallest absolute Gasteiger partial charge is 0.410 e. The van der Waals surface area contributed by atoms with Crippen LogP contribution in [0.5, 0.6) is 0 Å². The molecule has 24 heavy (non-hydrogen) atoms. The zero-order valence-electron chi connectivity index (χ0n) is 14.7. The quantitative estimate of drug-likeness (QED) is 0.913. The predicted octanol–water partition coefficient (Wildman–Crippen LogP) is 3.71. The van der Waals surface area contributed by atoms with Gasteiger partial charge >= 0.3 is 6.09 Å². The molecule has 0 radical (unpaired) electrons. The van der Waals surface area contributed by atoms with Crippen molar-refractivity contribution in [2.24, 2.45) is 0 Å². The van der Waals surface area contributed by atoms with Gasteiger partial charge in [-0.3, -0.25) is 0 Å². The van der Waals surface area contributed by atoms with Crippen molar-refractivity contribution in [2.75, 3.05) is 13.1 Å². The summed E-state index contributed by atoms with van der Waals surface area (Å²) in [5, 5.41) is 10.5. The summed E-state index contributed by atoms with van der Waals surface area (Å²) in [6, 6.07) is 8.53. The zero-order valence-corrected chi connectivity index (χ0v) is 14.7. The van der Waals surface area contributed by atoms with Crippen molar-refractivity contribution in [2.45, 2.75) is 51.9 Å². The zero-order chi connectivity index (χ0) is 17.3. The van der Waals surface area contributed by atoms with Crippen molar-refractivity contribution in [3.05, 3.63) is 36.0 Å². The Morgan fingerprint density at radius 2 is 1.96 bits per heavy atom. The van der Waals surface area contributed by atoms with Crippen LogP contribution in [0.3, 0.4) is 0 Å². The van der Waals surface area contributed by atoms with E-state index in [9.17, 15) is 9.90 Å². The standard InChI is InChI=1S/C19H26N2O3/c1-19(2,3)24-18(23)20-9-7-16(8-10-20)21-11-6-15-5-4-14(13-22)12-17(15)21/h4-6,11-12,16,22H,7-10,13H2,1-3H3. The number of piperidine rings is 1. The first-order chi connectivity index (χ1) is 11.4. The number of carbonyl (C=O) groups excluding carboxylic acids is 1. The number of rotatable bonds is 2. The van der Waals surface area contributed by atoms with Crippen LogP contribution in [-0.2, 0) is 11.3 Å². The first-order valence-electron chi connectivity index (χ1n) is 8.55. The van der Waals surface area contributed by atoms with Gasteiger partial charge < -0.3 is 19.3 Å². The summed E-state index contributed by atoms with van der Waals surface area (Å²) in [5.41, 5.74) is 1.62. The summed E-state index contributed by atoms with van der Waals surface area (Å²) in [4.78, 5) is 14.0. The fourth-order valence-corrected chi connectivity index (χ4v) is 3.26. The van der Waals surface area contributed by atoms with Crippen LogP contribution in [0.2, 0.25) is 0 Å². The van der Waals surface area contributed by atoms with Gasteiger partial charge in [0.15, 0.2) is 0 Å². The molecule has 1 saturated heterocycles. The van der Waals surface area contributed by atoms with Crippen LogP contribution in [0.15, 0.2) is 30.5 Å². The molecule has 0 bridgehead atoms. The molecule has 0 spiro atoms. The number of carbonyl (C=O) groups is 1. The van der Waals surface area contributed by atoms with E-state index in [0.29, 0.717) is 19.1 Å². The normalized spacial score (nSPS) is 16.6. The Morgan fingerprint density at radius 3 is 2.58 bits per heavy atom. The number of aliphatic hydroxyl groups is 1. The molecule has 0 saturated carbocycles. The van der Waals surface area contributed by atoms with Gasteiger partial charge in [0, 0.05) is 30.8 Å². The monoisotopic (exact) mass is 330 g/mol. The third kappa shape index (κ3) is 3.56. The SMILES string of the molecule is CC(C)(C)OC(=O)N1CCC(n2ccc3ccc(CO)cc32)CC1. The lowest BCUT2D eigenvalue weighted by molar-refractivity contribution is 0.0189. The van der Waals surface area contributed by atoms with E-state index in [4.69, 9.17) is 4.74 Å². The third-order valence-electron chi connectivity index (χ3n) is 4.48. The average Bonchev–Trinajstić information content (AvgIpc) is 2.96. The topological polar surface area (TPSA) is 54.7 Å². The van der Waals surface area contributed by atoms with Crippen LogP contribution in [0.25, 0.3) is 10.9 Å². The van der Waals surface area contributed by atoms with E-state index >= 15 is 0 Å². The highest BCUT2D eigenvalue weighted by Gasteiger charge is 2.27. The van der Waals surface area contributed by atoms with Crippen LogP contribution in [0.1, 0.15) is 45.2 Å². The molecule has 1 aromatic carbocycles. The molecule has 1 amide bonds. The van der Waals surface area contributed by atoms with E-state index in [1.54, 1.807) is 4.90 Å². The van der Waals surface area contributed by atoms with Crippen LogP contribution < -0.4 is 0 Å². The lowest BCUT2D eigenvalue weighted by Gasteiger charge is -2.34. The molecular weight excluding hydrogens is 304 g/mol. The Balaban J connectivity index is 1.70. The molecule has 5 heteroatoms. The van der Waals surface area contributed by atoms with Crippen molar-refractivity contribution in [3.63, 3.8) is 0 Å². The van der Waals surface area contributed by atoms with Crippen LogP contribution >= 0.6 is 0 Å². The van der Waals surface area contributed by atoms with Crippen molar-refractivity contribution in [1.29, 1.82) is 0 Å². The van der Waals surface area contributed by atoms with E-state index in [1.807, 2.05) is 32.9 Å². The molecule has 0 aliphatic carbocycles. The van der Waals surface area contributed by atoms with Crippen LogP contribution in [0.4, 0.5) is 4.79 Å². The molecule has 0 atom stereocenters. The molecule has 3 rings (SSSR count). The molecule has 130 valence electrons. The van der Waals surface area contributed by atoms with E-state index in [2.05, 4.69) is 22.9 Å². The first kappa shape index (κ1) is 16.8. The Hall–Kier alpha value is -2.01. The summed E-state index contributed by atoms with van der Waals surface area (Å²) in [6.07, 6.45) is 3.71. The Kier molecular flexibility index (Phi) is 4.54. The highest BCUT2D eigenvalue weighted by atomic mass is 16.6. The van der Waals surface area contributed by atoms with Gasteiger partial charge in [-0.2, -0.15) is 0 Å². The fraction of sp³-hybridized carbons (Fsp3) is 0.526. The van der Waals surface area contributed by atoms with Crippen molar-refractivity contribution in [1.82, 2.24) is 9.47 Å². The molecule has 1 N–H and O–H groups in total. The lowest BCUT2D eigenvalue weighted by atomic mass is 10.0. The number of amides is 1. The number of ether oxygens (including phenoxy) is 1. The number of fused-ring (bicyclic) bond motifs is 1. The predicted molar refractivity (Wildman–Crippen MR) is 93.9 cm³/mol. The molecule has 2 aromatic rings. The number of aliphatic hydroxyl groups excluding tert-OH is 1. The lowest BCUT2D eigenvalue weighted by Crippen LogP contribution is -2.42. The van der Waals surface area contributed by atoms with Crippen LogP contribution in [-0.4, -0.2) is 39.4 Å². The van der Waals surface area contributed by atoms with E-state index < -0.39 is 5.60 Å². The molecule has 1 fully saturated rings. The van der Waals surface area contributed by atoms with E-state index in [-0.39, 0.29) is 12.7 Å². The highest BCUT2D eigenvalue weighted by Crippen LogP contribution is 2.29. The van der Waals surface area contributed by atoms with Gasteiger partial charge in [0.2, 0.25) is 0 Å². The average molecular weight is 330 g/mol. The summed E-state index contributed by atoms with van der Waals surface area (Å²) < 4.78 is 7.73. The van der Waals surface area contributed by atoms with Crippen LogP contribution in [0, 0.1) is 0 Å². The van der Waals surface area contributed by atoms with Gasteiger partial charge in [0.1, 0.15) is 5.60 Å². The number of aromatic nitrogens is 1. The van der Waals surface area contributed by atoms with Gasteiger partial charge in [-0.05, 0) is 56.7 Å². The minimum atomic E-state index is -0.453. The summed E-state index contributed by atoms with van der Waals surface area (Å²) in [5.74, 6) is 0. The summed E-state index contributed by atoms with van der Waals surface area (Å²) in [7, 11) is 0. The Bertz CT molecular complexity index is 722. The summed E-state index contributed by atoms with van der Waals surface area (Å²) >= 11 is 0. The van der Waals surface area contributed by atoms with Gasteiger partial charge in [0.25, 0.3) is 0 Å². The van der Waals surface area contributed by atoms with Gasteiger partial charge in [0.05, 0.1) is 6.61 Å². The van der Waals surface area contributed by atoms with Crippen molar-refractivity contribution < 1.29 is 14.6 Å². The van der Waals surface area contributed by atoms with Crippen molar-refractivity contribution in [3.8, 4) is 0 Å². The number of hydrogen-bond donors (Lipinski definition) is 1. The second-order valence-electron chi connectivity index (χ2n) is 7.47. The molecule has 1 aliphatic rings. The summed E-state index contributed by atoms with van der Waals surface area (Å²) in [6.45, 7) is 7.14. The maximum Gasteiger partial charge on any atom is 0.410 e. The van der Waals surface area contributed by atoms with Crippen molar-refractivity contribution >= 4 is 17.0 Å². The molecule has 1 aromatic heterocycles. The van der Waals surface area contributed by atoms with Gasteiger partial charge in [-0.25, -0.2) is 4.79 Å². The highest BCUT2D eigenvalue weighted by molar-refractivity contribution is 5.81. The number of hydrogen-bond acceptors (Lipinski definition) is 3. The Labute approximate surface area is 142 Å². The number of nitrogens with zero attached hydrogens (tertiary/aromatic N) is 2. The van der Waals surface area contributed by atoms with Gasteiger partial charge in [-0.1, -0.05) is 12.1 Å². The fourth-order valence-electron chi connectivity index (χ4n) is 3.26. The largest absolute Gasteiger partial charge is 0.444 e. The second kappa shape index (κ2) is 6.48. The first-order valence-corrected chi connectivity index (χ1v) is 8.55. The van der Waals surface area contributed by atoms with Gasteiger partial charge in [-0.15, -0.1) is 0 Å².